The number of oxazole rings is 1. The topological polar surface area (TPSA) is 70.4 Å². The molecule has 1 aliphatic heterocycles. The molecule has 6 heteroatoms. The van der Waals surface area contributed by atoms with E-state index in [1.54, 1.807) is 0 Å². The zero-order chi connectivity index (χ0) is 18.1. The molecule has 3 atom stereocenters. The summed E-state index contributed by atoms with van der Waals surface area (Å²) >= 11 is 0. The molecule has 0 spiro atoms. The lowest BCUT2D eigenvalue weighted by Crippen LogP contribution is -2.43. The third kappa shape index (κ3) is 3.39. The van der Waals surface area contributed by atoms with Gasteiger partial charge in [0.05, 0.1) is 12.1 Å². The molecule has 26 heavy (non-hydrogen) atoms. The maximum Gasteiger partial charge on any atom is 0.228 e. The van der Waals surface area contributed by atoms with Crippen molar-refractivity contribution in [3.63, 3.8) is 0 Å². The highest BCUT2D eigenvalue weighted by atomic mass is 16.4. The van der Waals surface area contributed by atoms with Crippen LogP contribution < -0.4 is 10.9 Å². The number of rotatable bonds is 5. The molecule has 6 nitrogen and oxygen atoms in total. The van der Waals surface area contributed by atoms with Gasteiger partial charge in [0.15, 0.2) is 0 Å². The van der Waals surface area contributed by atoms with E-state index in [9.17, 15) is 4.79 Å². The van der Waals surface area contributed by atoms with Crippen molar-refractivity contribution in [1.82, 2.24) is 20.7 Å². The molecular formula is C20H26N4O2. The quantitative estimate of drug-likeness (QED) is 0.862. The van der Waals surface area contributed by atoms with Crippen LogP contribution in [0.5, 0.6) is 0 Å². The average molecular weight is 354 g/mol. The van der Waals surface area contributed by atoms with Gasteiger partial charge in [0, 0.05) is 31.2 Å². The predicted octanol–water partition coefficient (Wildman–Crippen LogP) is 2.30. The van der Waals surface area contributed by atoms with E-state index in [2.05, 4.69) is 15.8 Å². The monoisotopic (exact) mass is 354 g/mol. The Balaban J connectivity index is 1.39. The number of nitrogens with zero attached hydrogens (tertiary/aromatic N) is 2. The predicted molar refractivity (Wildman–Crippen MR) is 99.2 cm³/mol. The number of hydrogen-bond donors (Lipinski definition) is 2. The number of nitrogens with one attached hydrogen (secondary N) is 2. The Hall–Kier alpha value is -2.18. The van der Waals surface area contributed by atoms with Crippen LogP contribution in [0.1, 0.15) is 30.7 Å². The molecule has 1 saturated carbocycles. The Labute approximate surface area is 153 Å². The summed E-state index contributed by atoms with van der Waals surface area (Å²) in [5.74, 6) is 1.99. The first kappa shape index (κ1) is 17.2. The molecule has 1 aromatic carbocycles. The van der Waals surface area contributed by atoms with E-state index in [1.807, 2.05) is 49.2 Å². The number of hydrazine groups is 1. The second kappa shape index (κ2) is 7.21. The van der Waals surface area contributed by atoms with Crippen molar-refractivity contribution in [2.24, 2.45) is 5.92 Å². The van der Waals surface area contributed by atoms with Crippen LogP contribution in [-0.4, -0.2) is 41.5 Å². The zero-order valence-electron chi connectivity index (χ0n) is 15.4. The number of carbonyl (C=O) groups is 1. The maximum absolute atomic E-state index is 12.7. The number of amides is 1. The molecule has 138 valence electrons. The van der Waals surface area contributed by atoms with Crippen molar-refractivity contribution in [1.29, 1.82) is 0 Å². The van der Waals surface area contributed by atoms with Gasteiger partial charge in [-0.15, -0.1) is 0 Å². The molecule has 2 N–H and O–H groups in total. The standard InChI is InChI=1S/C20H26N4O2/c1-13-17(21-20(26-13)14-7-4-3-5-8-14)11-19(25)24(2)12-18-15-9-6-10-16(15)22-23-18/h3-5,7-8,15-16,18,22-23H,6,9-12H2,1-2H3. The molecule has 2 aliphatic rings. The number of aryl methyl sites for hydroxylation is 1. The van der Waals surface area contributed by atoms with E-state index in [0.717, 1.165) is 17.8 Å². The second-order valence-corrected chi connectivity index (χ2v) is 7.44. The number of likely N-dealkylation sites (N-methyl/N-ethyl adjacent to an activating group) is 1. The summed E-state index contributed by atoms with van der Waals surface area (Å²) in [5, 5.41) is 0. The first-order chi connectivity index (χ1) is 12.6. The minimum atomic E-state index is 0.0734. The summed E-state index contributed by atoms with van der Waals surface area (Å²) in [5.41, 5.74) is 8.39. The van der Waals surface area contributed by atoms with E-state index >= 15 is 0 Å². The van der Waals surface area contributed by atoms with Gasteiger partial charge < -0.3 is 9.32 Å². The van der Waals surface area contributed by atoms with Crippen LogP contribution in [0.2, 0.25) is 0 Å². The summed E-state index contributed by atoms with van der Waals surface area (Å²) < 4.78 is 5.77. The number of hydrogen-bond acceptors (Lipinski definition) is 5. The Bertz CT molecular complexity index is 773. The minimum Gasteiger partial charge on any atom is -0.441 e. The lowest BCUT2D eigenvalue weighted by Gasteiger charge is -2.24. The molecule has 2 fully saturated rings. The summed E-state index contributed by atoms with van der Waals surface area (Å²) in [6.45, 7) is 2.59. The van der Waals surface area contributed by atoms with Gasteiger partial charge in [-0.25, -0.2) is 4.98 Å². The number of aromatic nitrogens is 1. The van der Waals surface area contributed by atoms with Crippen LogP contribution in [0.25, 0.3) is 11.5 Å². The van der Waals surface area contributed by atoms with E-state index in [0.29, 0.717) is 29.7 Å². The number of fused-ring (bicyclic) bond motifs is 1. The highest BCUT2D eigenvalue weighted by Crippen LogP contribution is 2.31. The van der Waals surface area contributed by atoms with Crippen LogP contribution in [0.15, 0.2) is 34.7 Å². The fraction of sp³-hybridized carbons (Fsp3) is 0.500. The molecule has 1 amide bonds. The summed E-state index contributed by atoms with van der Waals surface area (Å²) in [4.78, 5) is 19.0. The lowest BCUT2D eigenvalue weighted by molar-refractivity contribution is -0.129. The Morgan fingerprint density at radius 1 is 1.27 bits per heavy atom. The highest BCUT2D eigenvalue weighted by Gasteiger charge is 2.39. The largest absolute Gasteiger partial charge is 0.441 e. The summed E-state index contributed by atoms with van der Waals surface area (Å²) in [6, 6.07) is 10.7. The van der Waals surface area contributed by atoms with E-state index in [-0.39, 0.29) is 12.3 Å². The average Bonchev–Trinajstić information content (AvgIpc) is 3.34. The van der Waals surface area contributed by atoms with Gasteiger partial charge in [0.25, 0.3) is 0 Å². The fourth-order valence-corrected chi connectivity index (χ4v) is 4.12. The Morgan fingerprint density at radius 2 is 2.08 bits per heavy atom. The van der Waals surface area contributed by atoms with Crippen molar-refractivity contribution in [2.45, 2.75) is 44.7 Å². The molecule has 3 unspecified atom stereocenters. The molecule has 4 rings (SSSR count). The van der Waals surface area contributed by atoms with Crippen molar-refractivity contribution in [2.75, 3.05) is 13.6 Å². The Morgan fingerprint density at radius 3 is 2.88 bits per heavy atom. The van der Waals surface area contributed by atoms with Crippen molar-refractivity contribution in [3.8, 4) is 11.5 Å². The zero-order valence-corrected chi connectivity index (χ0v) is 15.4. The molecule has 0 bridgehead atoms. The van der Waals surface area contributed by atoms with Crippen LogP contribution in [-0.2, 0) is 11.2 Å². The number of carbonyl (C=O) groups excluding carboxylic acids is 1. The van der Waals surface area contributed by atoms with E-state index in [1.165, 1.54) is 19.3 Å². The van der Waals surface area contributed by atoms with Crippen molar-refractivity contribution < 1.29 is 9.21 Å². The molecule has 1 aliphatic carbocycles. The SMILES string of the molecule is Cc1oc(-c2ccccc2)nc1CC(=O)N(C)CC1NNC2CCCC21. The van der Waals surface area contributed by atoms with Gasteiger partial charge in [-0.05, 0) is 37.8 Å². The minimum absolute atomic E-state index is 0.0734. The second-order valence-electron chi connectivity index (χ2n) is 7.44. The molecule has 0 radical (unpaired) electrons. The Kier molecular flexibility index (Phi) is 4.78. The number of benzene rings is 1. The van der Waals surface area contributed by atoms with Crippen molar-refractivity contribution in [3.05, 3.63) is 41.8 Å². The van der Waals surface area contributed by atoms with Crippen LogP contribution in [0.4, 0.5) is 0 Å². The third-order valence-corrected chi connectivity index (χ3v) is 5.67. The first-order valence-electron chi connectivity index (χ1n) is 9.38. The van der Waals surface area contributed by atoms with Gasteiger partial charge in [-0.3, -0.25) is 15.6 Å². The van der Waals surface area contributed by atoms with Crippen molar-refractivity contribution >= 4 is 5.91 Å². The highest BCUT2D eigenvalue weighted by molar-refractivity contribution is 5.78. The van der Waals surface area contributed by atoms with Crippen LogP contribution in [0.3, 0.4) is 0 Å². The van der Waals surface area contributed by atoms with Gasteiger partial charge in [0.2, 0.25) is 11.8 Å². The van der Waals surface area contributed by atoms with E-state index in [4.69, 9.17) is 4.42 Å². The fourth-order valence-electron chi connectivity index (χ4n) is 4.12. The lowest BCUT2D eigenvalue weighted by atomic mass is 9.97. The first-order valence-corrected chi connectivity index (χ1v) is 9.38. The maximum atomic E-state index is 12.7. The molecular weight excluding hydrogens is 328 g/mol. The molecule has 2 heterocycles. The third-order valence-electron chi connectivity index (χ3n) is 5.67. The molecule has 1 aromatic heterocycles. The van der Waals surface area contributed by atoms with Crippen LogP contribution in [0, 0.1) is 12.8 Å². The van der Waals surface area contributed by atoms with Crippen LogP contribution >= 0.6 is 0 Å². The van der Waals surface area contributed by atoms with Gasteiger partial charge in [-0.2, -0.15) is 0 Å². The van der Waals surface area contributed by atoms with E-state index < -0.39 is 0 Å². The van der Waals surface area contributed by atoms with Gasteiger partial charge in [-0.1, -0.05) is 24.6 Å². The summed E-state index contributed by atoms with van der Waals surface area (Å²) in [7, 11) is 1.87. The van der Waals surface area contributed by atoms with Gasteiger partial charge >= 0.3 is 0 Å². The smallest absolute Gasteiger partial charge is 0.228 e. The normalized spacial score (nSPS) is 24.6. The molecule has 2 aromatic rings. The summed E-state index contributed by atoms with van der Waals surface area (Å²) in [6.07, 6.45) is 4.01. The van der Waals surface area contributed by atoms with Gasteiger partial charge in [0.1, 0.15) is 5.76 Å². The molecule has 1 saturated heterocycles.